The summed E-state index contributed by atoms with van der Waals surface area (Å²) in [6, 6.07) is 4.32. The third kappa shape index (κ3) is 1.69. The van der Waals surface area contributed by atoms with E-state index in [2.05, 4.69) is 15.1 Å². The number of rotatable bonds is 2. The number of hydrogen-bond donors (Lipinski definition) is 1. The molecule has 2 aromatic heterocycles. The van der Waals surface area contributed by atoms with E-state index in [1.54, 1.807) is 17.6 Å². The second kappa shape index (κ2) is 3.80. The zero-order chi connectivity index (χ0) is 12.7. The standard InChI is InChI=1S/C11H10FN5O/c1-6-14-10(18-16-6)5-17-9-3-2-7(12)4-8(9)15-11(17)13/h2-4H,5H2,1H3,(H2,13,15). The number of anilines is 1. The third-order valence-electron chi connectivity index (χ3n) is 2.60. The zero-order valence-electron chi connectivity index (χ0n) is 9.59. The Bertz CT molecular complexity index is 717. The molecule has 0 spiro atoms. The fraction of sp³-hybridized carbons (Fsp3) is 0.182. The van der Waals surface area contributed by atoms with Crippen molar-refractivity contribution in [2.45, 2.75) is 13.5 Å². The average molecular weight is 247 g/mol. The fourth-order valence-corrected chi connectivity index (χ4v) is 1.83. The monoisotopic (exact) mass is 247 g/mol. The van der Waals surface area contributed by atoms with Gasteiger partial charge in [-0.2, -0.15) is 4.98 Å². The normalized spacial score (nSPS) is 11.2. The smallest absolute Gasteiger partial charge is 0.246 e. The Morgan fingerprint density at radius 2 is 2.22 bits per heavy atom. The molecular weight excluding hydrogens is 237 g/mol. The minimum Gasteiger partial charge on any atom is -0.369 e. The minimum atomic E-state index is -0.346. The van der Waals surface area contributed by atoms with Crippen LogP contribution in [0.15, 0.2) is 22.7 Å². The van der Waals surface area contributed by atoms with E-state index in [1.807, 2.05) is 0 Å². The summed E-state index contributed by atoms with van der Waals surface area (Å²) in [6.45, 7) is 2.05. The highest BCUT2D eigenvalue weighted by molar-refractivity contribution is 5.78. The van der Waals surface area contributed by atoms with Crippen molar-refractivity contribution in [1.29, 1.82) is 0 Å². The summed E-state index contributed by atoms with van der Waals surface area (Å²) in [4.78, 5) is 8.18. The maximum absolute atomic E-state index is 13.1. The Morgan fingerprint density at radius 1 is 1.39 bits per heavy atom. The molecule has 0 bridgehead atoms. The lowest BCUT2D eigenvalue weighted by molar-refractivity contribution is 0.369. The third-order valence-corrected chi connectivity index (χ3v) is 2.60. The molecule has 2 heterocycles. The van der Waals surface area contributed by atoms with Crippen LogP contribution in [-0.4, -0.2) is 19.7 Å². The number of aromatic nitrogens is 4. The van der Waals surface area contributed by atoms with Crippen molar-refractivity contribution in [1.82, 2.24) is 19.7 Å². The van der Waals surface area contributed by atoms with Gasteiger partial charge in [-0.05, 0) is 19.1 Å². The predicted octanol–water partition coefficient (Wildman–Crippen LogP) is 1.50. The number of imidazole rings is 1. The van der Waals surface area contributed by atoms with Crippen LogP contribution in [0.4, 0.5) is 10.3 Å². The first-order valence-electron chi connectivity index (χ1n) is 5.34. The molecule has 0 aliphatic rings. The van der Waals surface area contributed by atoms with Gasteiger partial charge < -0.3 is 14.8 Å². The second-order valence-corrected chi connectivity index (χ2v) is 3.92. The summed E-state index contributed by atoms with van der Waals surface area (Å²) >= 11 is 0. The molecule has 3 rings (SSSR count). The molecular formula is C11H10FN5O. The molecule has 18 heavy (non-hydrogen) atoms. The SMILES string of the molecule is Cc1noc(Cn2c(N)nc3cc(F)ccc32)n1. The molecule has 0 radical (unpaired) electrons. The van der Waals surface area contributed by atoms with Gasteiger partial charge in [-0.3, -0.25) is 0 Å². The van der Waals surface area contributed by atoms with E-state index in [1.165, 1.54) is 12.1 Å². The highest BCUT2D eigenvalue weighted by Crippen LogP contribution is 2.19. The Hall–Kier alpha value is -2.44. The Kier molecular flexibility index (Phi) is 2.26. The van der Waals surface area contributed by atoms with Gasteiger partial charge in [0.05, 0.1) is 11.0 Å². The van der Waals surface area contributed by atoms with Crippen LogP contribution in [-0.2, 0) is 6.54 Å². The Labute approximate surface area is 101 Å². The van der Waals surface area contributed by atoms with Crippen molar-refractivity contribution in [3.05, 3.63) is 35.7 Å². The van der Waals surface area contributed by atoms with Crippen LogP contribution in [0, 0.1) is 12.7 Å². The molecule has 0 saturated heterocycles. The second-order valence-electron chi connectivity index (χ2n) is 3.92. The lowest BCUT2D eigenvalue weighted by atomic mass is 10.3. The molecule has 0 unspecified atom stereocenters. The molecule has 2 N–H and O–H groups in total. The van der Waals surface area contributed by atoms with E-state index in [-0.39, 0.29) is 11.8 Å². The van der Waals surface area contributed by atoms with Crippen LogP contribution in [0.25, 0.3) is 11.0 Å². The average Bonchev–Trinajstić information content (AvgIpc) is 2.84. The lowest BCUT2D eigenvalue weighted by Crippen LogP contribution is -2.04. The van der Waals surface area contributed by atoms with Gasteiger partial charge in [0.15, 0.2) is 5.82 Å². The van der Waals surface area contributed by atoms with Gasteiger partial charge in [0.1, 0.15) is 12.4 Å². The molecule has 0 saturated carbocycles. The van der Waals surface area contributed by atoms with E-state index >= 15 is 0 Å². The van der Waals surface area contributed by atoms with Crippen molar-refractivity contribution in [3.8, 4) is 0 Å². The summed E-state index contributed by atoms with van der Waals surface area (Å²) < 4.78 is 19.8. The molecule has 0 fully saturated rings. The van der Waals surface area contributed by atoms with E-state index in [9.17, 15) is 4.39 Å². The summed E-state index contributed by atoms with van der Waals surface area (Å²) in [5, 5.41) is 3.70. The van der Waals surface area contributed by atoms with Crippen molar-refractivity contribution in [2.24, 2.45) is 0 Å². The quantitative estimate of drug-likeness (QED) is 0.741. The molecule has 0 aliphatic carbocycles. The molecule has 0 amide bonds. The molecule has 92 valence electrons. The van der Waals surface area contributed by atoms with Gasteiger partial charge in [0, 0.05) is 6.07 Å². The summed E-state index contributed by atoms with van der Waals surface area (Å²) in [6.07, 6.45) is 0. The van der Waals surface area contributed by atoms with Crippen LogP contribution in [0.3, 0.4) is 0 Å². The van der Waals surface area contributed by atoms with E-state index < -0.39 is 0 Å². The lowest BCUT2D eigenvalue weighted by Gasteiger charge is -2.01. The highest BCUT2D eigenvalue weighted by Gasteiger charge is 2.12. The molecule has 0 atom stereocenters. The summed E-state index contributed by atoms with van der Waals surface area (Å²) in [7, 11) is 0. The van der Waals surface area contributed by atoms with Crippen LogP contribution in [0.5, 0.6) is 0 Å². The highest BCUT2D eigenvalue weighted by atomic mass is 19.1. The first-order chi connectivity index (χ1) is 8.63. The van der Waals surface area contributed by atoms with Gasteiger partial charge in [-0.15, -0.1) is 0 Å². The molecule has 6 nitrogen and oxygen atoms in total. The largest absolute Gasteiger partial charge is 0.369 e. The number of aryl methyl sites for hydroxylation is 1. The summed E-state index contributed by atoms with van der Waals surface area (Å²) in [5.74, 6) is 0.925. The molecule has 0 aliphatic heterocycles. The fourth-order valence-electron chi connectivity index (χ4n) is 1.83. The van der Waals surface area contributed by atoms with Gasteiger partial charge >= 0.3 is 0 Å². The Morgan fingerprint density at radius 3 is 2.94 bits per heavy atom. The van der Waals surface area contributed by atoms with Crippen LogP contribution in [0.2, 0.25) is 0 Å². The van der Waals surface area contributed by atoms with Crippen LogP contribution < -0.4 is 5.73 Å². The number of nitrogens with two attached hydrogens (primary N) is 1. The van der Waals surface area contributed by atoms with Crippen molar-refractivity contribution >= 4 is 17.0 Å². The maximum Gasteiger partial charge on any atom is 0.246 e. The number of nitrogens with zero attached hydrogens (tertiary/aromatic N) is 4. The van der Waals surface area contributed by atoms with E-state index in [4.69, 9.17) is 10.3 Å². The van der Waals surface area contributed by atoms with E-state index in [0.717, 1.165) is 5.52 Å². The van der Waals surface area contributed by atoms with Crippen molar-refractivity contribution in [2.75, 3.05) is 5.73 Å². The van der Waals surface area contributed by atoms with E-state index in [0.29, 0.717) is 23.8 Å². The first kappa shape index (κ1) is 10.7. The molecule has 1 aromatic carbocycles. The van der Waals surface area contributed by atoms with Gasteiger partial charge in [0.2, 0.25) is 11.8 Å². The topological polar surface area (TPSA) is 82.8 Å². The number of halogens is 1. The first-order valence-corrected chi connectivity index (χ1v) is 5.34. The summed E-state index contributed by atoms with van der Waals surface area (Å²) in [5.41, 5.74) is 7.03. The minimum absolute atomic E-state index is 0.284. The van der Waals surface area contributed by atoms with Crippen LogP contribution >= 0.6 is 0 Å². The zero-order valence-corrected chi connectivity index (χ0v) is 9.59. The van der Waals surface area contributed by atoms with Crippen LogP contribution in [0.1, 0.15) is 11.7 Å². The number of nitrogen functional groups attached to an aromatic ring is 1. The number of fused-ring (bicyclic) bond motifs is 1. The van der Waals surface area contributed by atoms with Crippen molar-refractivity contribution in [3.63, 3.8) is 0 Å². The number of benzene rings is 1. The van der Waals surface area contributed by atoms with Gasteiger partial charge in [-0.25, -0.2) is 9.37 Å². The van der Waals surface area contributed by atoms with Gasteiger partial charge in [0.25, 0.3) is 0 Å². The maximum atomic E-state index is 13.1. The Balaban J connectivity index is 2.08. The van der Waals surface area contributed by atoms with Gasteiger partial charge in [-0.1, -0.05) is 5.16 Å². The predicted molar refractivity (Wildman–Crippen MR) is 62.2 cm³/mol. The molecule has 3 aromatic rings. The molecule has 7 heteroatoms. The van der Waals surface area contributed by atoms with Crippen molar-refractivity contribution < 1.29 is 8.91 Å². The number of hydrogen-bond acceptors (Lipinski definition) is 5.